The van der Waals surface area contributed by atoms with E-state index in [2.05, 4.69) is 10.2 Å². The maximum Gasteiger partial charge on any atom is 0.159 e. The standard InChI is InChI=1S/C10H18ClN3O2S/c1-5-6-14-8(7-11)12-13-9(14)10(2,3)17(4,15)16/h5-7H2,1-4H3. The van der Waals surface area contributed by atoms with E-state index in [9.17, 15) is 8.42 Å². The molecule has 0 aliphatic rings. The third-order valence-electron chi connectivity index (χ3n) is 2.86. The third-order valence-corrected chi connectivity index (χ3v) is 5.14. The van der Waals surface area contributed by atoms with Gasteiger partial charge >= 0.3 is 0 Å². The van der Waals surface area contributed by atoms with E-state index in [4.69, 9.17) is 11.6 Å². The van der Waals surface area contributed by atoms with Crippen molar-refractivity contribution < 1.29 is 8.42 Å². The maximum absolute atomic E-state index is 11.8. The lowest BCUT2D eigenvalue weighted by Gasteiger charge is -2.22. The number of sulfone groups is 1. The van der Waals surface area contributed by atoms with Crippen LogP contribution in [0.15, 0.2) is 0 Å². The van der Waals surface area contributed by atoms with Crippen molar-refractivity contribution in [2.75, 3.05) is 6.26 Å². The van der Waals surface area contributed by atoms with Gasteiger partial charge in [-0.2, -0.15) is 0 Å². The summed E-state index contributed by atoms with van der Waals surface area (Å²) in [5, 5.41) is 7.94. The van der Waals surface area contributed by atoms with Crippen molar-refractivity contribution in [2.24, 2.45) is 0 Å². The predicted octanol–water partition coefficient (Wildman–Crippen LogP) is 1.71. The Bertz CT molecular complexity index is 494. The van der Waals surface area contributed by atoms with Crippen LogP contribution in [0.1, 0.15) is 38.8 Å². The first kappa shape index (κ1) is 14.4. The van der Waals surface area contributed by atoms with Gasteiger partial charge in [-0.25, -0.2) is 8.42 Å². The lowest BCUT2D eigenvalue weighted by atomic mass is 10.2. The molecule has 1 aromatic heterocycles. The van der Waals surface area contributed by atoms with Gasteiger partial charge in [-0.1, -0.05) is 6.92 Å². The van der Waals surface area contributed by atoms with Crippen molar-refractivity contribution in [3.8, 4) is 0 Å². The minimum atomic E-state index is -3.26. The van der Waals surface area contributed by atoms with Crippen LogP contribution in [0.2, 0.25) is 0 Å². The topological polar surface area (TPSA) is 64.8 Å². The summed E-state index contributed by atoms with van der Waals surface area (Å²) in [5.41, 5.74) is 0. The van der Waals surface area contributed by atoms with Gasteiger partial charge in [-0.05, 0) is 20.3 Å². The molecule has 98 valence electrons. The number of aromatic nitrogens is 3. The van der Waals surface area contributed by atoms with Crippen LogP contribution in [0.25, 0.3) is 0 Å². The fourth-order valence-electron chi connectivity index (χ4n) is 1.50. The number of nitrogens with zero attached hydrogens (tertiary/aromatic N) is 3. The molecule has 1 heterocycles. The molecule has 0 radical (unpaired) electrons. The number of alkyl halides is 1. The molecule has 0 aliphatic heterocycles. The van der Waals surface area contributed by atoms with Gasteiger partial charge in [0.2, 0.25) is 0 Å². The molecule has 0 aromatic carbocycles. The fourth-order valence-corrected chi connectivity index (χ4v) is 2.18. The molecule has 0 spiro atoms. The van der Waals surface area contributed by atoms with Crippen LogP contribution in [0.3, 0.4) is 0 Å². The first-order chi connectivity index (χ1) is 7.75. The smallest absolute Gasteiger partial charge is 0.159 e. The van der Waals surface area contributed by atoms with Crippen molar-refractivity contribution in [2.45, 2.75) is 44.4 Å². The average molecular weight is 280 g/mol. The molecule has 0 amide bonds. The van der Waals surface area contributed by atoms with Crippen LogP contribution in [0, 0.1) is 0 Å². The first-order valence-electron chi connectivity index (χ1n) is 5.43. The normalized spacial score (nSPS) is 13.0. The second-order valence-electron chi connectivity index (χ2n) is 4.51. The monoisotopic (exact) mass is 279 g/mol. The Labute approximate surface area is 107 Å². The van der Waals surface area contributed by atoms with Crippen LogP contribution < -0.4 is 0 Å². The minimum absolute atomic E-state index is 0.229. The third kappa shape index (κ3) is 2.63. The summed E-state index contributed by atoms with van der Waals surface area (Å²) in [6, 6.07) is 0. The zero-order valence-electron chi connectivity index (χ0n) is 10.6. The summed E-state index contributed by atoms with van der Waals surface area (Å²) >= 11 is 5.77. The predicted molar refractivity (Wildman–Crippen MR) is 67.7 cm³/mol. The number of halogens is 1. The van der Waals surface area contributed by atoms with Crippen molar-refractivity contribution in [3.05, 3.63) is 11.6 Å². The van der Waals surface area contributed by atoms with Gasteiger partial charge in [0, 0.05) is 12.8 Å². The van der Waals surface area contributed by atoms with Gasteiger partial charge < -0.3 is 4.57 Å². The van der Waals surface area contributed by atoms with Crippen molar-refractivity contribution in [1.29, 1.82) is 0 Å². The van der Waals surface area contributed by atoms with Gasteiger partial charge in [0.05, 0.1) is 5.88 Å². The summed E-state index contributed by atoms with van der Waals surface area (Å²) in [4.78, 5) is 0. The Kier molecular flexibility index (Phi) is 4.19. The van der Waals surface area contributed by atoms with E-state index in [1.807, 2.05) is 6.92 Å². The molecule has 0 atom stereocenters. The van der Waals surface area contributed by atoms with Gasteiger partial charge in [-0.3, -0.25) is 0 Å². The highest BCUT2D eigenvalue weighted by atomic mass is 35.5. The highest BCUT2D eigenvalue weighted by molar-refractivity contribution is 7.91. The number of hydrogen-bond acceptors (Lipinski definition) is 4. The zero-order valence-corrected chi connectivity index (χ0v) is 12.1. The zero-order chi connectivity index (χ0) is 13.3. The molecule has 0 saturated heterocycles. The first-order valence-corrected chi connectivity index (χ1v) is 7.86. The fraction of sp³-hybridized carbons (Fsp3) is 0.800. The molecule has 1 aromatic rings. The summed E-state index contributed by atoms with van der Waals surface area (Å²) in [7, 11) is -3.26. The second-order valence-corrected chi connectivity index (χ2v) is 7.34. The van der Waals surface area contributed by atoms with Crippen LogP contribution in [-0.4, -0.2) is 29.4 Å². The van der Waals surface area contributed by atoms with E-state index in [-0.39, 0.29) is 5.88 Å². The van der Waals surface area contributed by atoms with E-state index in [1.54, 1.807) is 18.4 Å². The molecule has 0 fully saturated rings. The molecule has 17 heavy (non-hydrogen) atoms. The van der Waals surface area contributed by atoms with Gasteiger partial charge in [0.1, 0.15) is 10.6 Å². The largest absolute Gasteiger partial charge is 0.313 e. The summed E-state index contributed by atoms with van der Waals surface area (Å²) in [5.74, 6) is 1.30. The van der Waals surface area contributed by atoms with Crippen molar-refractivity contribution in [1.82, 2.24) is 14.8 Å². The Morgan fingerprint density at radius 1 is 1.35 bits per heavy atom. The molecule has 0 saturated carbocycles. The quantitative estimate of drug-likeness (QED) is 0.770. The molecular weight excluding hydrogens is 262 g/mol. The molecule has 0 aliphatic carbocycles. The summed E-state index contributed by atoms with van der Waals surface area (Å²) in [6.07, 6.45) is 2.08. The molecular formula is C10H18ClN3O2S. The lowest BCUT2D eigenvalue weighted by Crippen LogP contribution is -2.32. The molecule has 7 heteroatoms. The van der Waals surface area contributed by atoms with E-state index in [0.29, 0.717) is 18.2 Å². The molecule has 0 unspecified atom stereocenters. The molecule has 0 N–H and O–H groups in total. The summed E-state index contributed by atoms with van der Waals surface area (Å²) in [6.45, 7) is 5.95. The van der Waals surface area contributed by atoms with Crippen LogP contribution >= 0.6 is 11.6 Å². The maximum atomic E-state index is 11.8. The van der Waals surface area contributed by atoms with Crippen molar-refractivity contribution in [3.63, 3.8) is 0 Å². The van der Waals surface area contributed by atoms with Gasteiger partial charge in [0.15, 0.2) is 15.7 Å². The number of rotatable bonds is 5. The summed E-state index contributed by atoms with van der Waals surface area (Å²) < 4.78 is 24.3. The van der Waals surface area contributed by atoms with E-state index in [0.717, 1.165) is 6.42 Å². The Hall–Kier alpha value is -0.620. The second kappa shape index (κ2) is 4.94. The van der Waals surface area contributed by atoms with Crippen LogP contribution in [0.5, 0.6) is 0 Å². The molecule has 1 rings (SSSR count). The van der Waals surface area contributed by atoms with Gasteiger partial charge in [-0.15, -0.1) is 21.8 Å². The Morgan fingerprint density at radius 3 is 2.35 bits per heavy atom. The SMILES string of the molecule is CCCn1c(CCl)nnc1C(C)(C)S(C)(=O)=O. The van der Waals surface area contributed by atoms with E-state index >= 15 is 0 Å². The Morgan fingerprint density at radius 2 is 1.94 bits per heavy atom. The minimum Gasteiger partial charge on any atom is -0.313 e. The Balaban J connectivity index is 3.36. The van der Waals surface area contributed by atoms with Crippen molar-refractivity contribution >= 4 is 21.4 Å². The van der Waals surface area contributed by atoms with E-state index in [1.165, 1.54) is 6.26 Å². The van der Waals surface area contributed by atoms with E-state index < -0.39 is 14.6 Å². The highest BCUT2D eigenvalue weighted by Gasteiger charge is 2.37. The van der Waals surface area contributed by atoms with Crippen LogP contribution in [-0.2, 0) is 27.0 Å². The molecule has 0 bridgehead atoms. The van der Waals surface area contributed by atoms with Crippen LogP contribution in [0.4, 0.5) is 0 Å². The highest BCUT2D eigenvalue weighted by Crippen LogP contribution is 2.28. The number of hydrogen-bond donors (Lipinski definition) is 0. The molecule has 5 nitrogen and oxygen atoms in total. The average Bonchev–Trinajstić information content (AvgIpc) is 2.60. The lowest BCUT2D eigenvalue weighted by molar-refractivity contribution is 0.521. The van der Waals surface area contributed by atoms with Gasteiger partial charge in [0.25, 0.3) is 0 Å².